The number of hydrogen-bond acceptors (Lipinski definition) is 2. The van der Waals surface area contributed by atoms with E-state index >= 15 is 0 Å². The zero-order valence-corrected chi connectivity index (χ0v) is 4.81. The lowest BCUT2D eigenvalue weighted by Crippen LogP contribution is -2.08. The molecule has 0 fully saturated rings. The topological polar surface area (TPSA) is 18.5 Å². The van der Waals surface area contributed by atoms with Crippen molar-refractivity contribution in [1.82, 2.24) is 0 Å². The molecule has 0 saturated carbocycles. The van der Waals surface area contributed by atoms with E-state index in [9.17, 15) is 0 Å². The molecule has 1 unspecified atom stereocenters. The van der Waals surface area contributed by atoms with E-state index in [1.54, 1.807) is 7.11 Å². The number of ether oxygens (including phenoxy) is 2. The molecule has 0 rings (SSSR count). The van der Waals surface area contributed by atoms with Crippen molar-refractivity contribution in [1.29, 1.82) is 0 Å². The van der Waals surface area contributed by atoms with Gasteiger partial charge in [-0.1, -0.05) is 6.92 Å². The lowest BCUT2D eigenvalue weighted by Gasteiger charge is -2.07. The van der Waals surface area contributed by atoms with Crippen LogP contribution in [0.1, 0.15) is 13.3 Å². The van der Waals surface area contributed by atoms with Crippen molar-refractivity contribution in [3.63, 3.8) is 0 Å². The molecule has 0 saturated heterocycles. The molecule has 0 heterocycles. The van der Waals surface area contributed by atoms with E-state index in [0.717, 1.165) is 6.42 Å². The van der Waals surface area contributed by atoms with E-state index in [-0.39, 0.29) is 6.29 Å². The van der Waals surface area contributed by atoms with Crippen LogP contribution >= 0.6 is 0 Å². The predicted octanol–water partition coefficient (Wildman–Crippen LogP) is 1.18. The molecule has 0 aromatic rings. The van der Waals surface area contributed by atoms with Gasteiger partial charge in [-0.3, -0.25) is 0 Å². The van der Waals surface area contributed by atoms with Crippen LogP contribution in [0.25, 0.3) is 0 Å². The van der Waals surface area contributed by atoms with Gasteiger partial charge in [-0.05, 0) is 6.42 Å². The van der Waals surface area contributed by atoms with Crippen LogP contribution in [-0.2, 0) is 9.47 Å². The van der Waals surface area contributed by atoms with Crippen molar-refractivity contribution in [2.75, 3.05) is 7.11 Å². The fourth-order valence-corrected chi connectivity index (χ4v) is 0.353. The fraction of sp³-hybridized carbons (Fsp3) is 0.800. The van der Waals surface area contributed by atoms with Crippen LogP contribution in [-0.4, -0.2) is 13.4 Å². The summed E-state index contributed by atoms with van der Waals surface area (Å²) in [7, 11) is 4.80. The molecule has 0 aliphatic carbocycles. The van der Waals surface area contributed by atoms with Crippen molar-refractivity contribution in [3.05, 3.63) is 7.11 Å². The van der Waals surface area contributed by atoms with Crippen LogP contribution in [0.15, 0.2) is 0 Å². The van der Waals surface area contributed by atoms with Crippen molar-refractivity contribution in [2.45, 2.75) is 19.6 Å². The molecule has 0 bridgehead atoms. The van der Waals surface area contributed by atoms with Gasteiger partial charge in [0.1, 0.15) is 0 Å². The average Bonchev–Trinajstić information content (AvgIpc) is 1.72. The van der Waals surface area contributed by atoms with Crippen molar-refractivity contribution in [2.24, 2.45) is 0 Å². The third kappa shape index (κ3) is 2.60. The van der Waals surface area contributed by atoms with Crippen molar-refractivity contribution in [3.8, 4) is 0 Å². The molecule has 0 N–H and O–H groups in total. The Balaban J connectivity index is 2.99. The molecule has 1 atom stereocenters. The fourth-order valence-electron chi connectivity index (χ4n) is 0.353. The van der Waals surface area contributed by atoms with Crippen molar-refractivity contribution >= 4 is 0 Å². The first-order chi connectivity index (χ1) is 3.35. The Labute approximate surface area is 44.4 Å². The van der Waals surface area contributed by atoms with Gasteiger partial charge in [0.25, 0.3) is 0 Å². The largest absolute Gasteiger partial charge is 0.356 e. The SMILES string of the molecule is [CH2]OC(CC)OC. The van der Waals surface area contributed by atoms with E-state index in [4.69, 9.17) is 4.74 Å². The Morgan fingerprint density at radius 3 is 2.29 bits per heavy atom. The Bertz CT molecular complexity index is 27.6. The van der Waals surface area contributed by atoms with Crippen molar-refractivity contribution < 1.29 is 9.47 Å². The Hall–Kier alpha value is -0.0800. The van der Waals surface area contributed by atoms with Crippen LogP contribution in [0, 0.1) is 7.11 Å². The zero-order valence-electron chi connectivity index (χ0n) is 4.81. The van der Waals surface area contributed by atoms with Gasteiger partial charge in [0.15, 0.2) is 6.29 Å². The third-order valence-corrected chi connectivity index (χ3v) is 0.782. The molecule has 0 aliphatic heterocycles. The zero-order chi connectivity index (χ0) is 5.70. The van der Waals surface area contributed by atoms with Gasteiger partial charge in [-0.25, -0.2) is 0 Å². The van der Waals surface area contributed by atoms with Gasteiger partial charge in [-0.15, -0.1) is 0 Å². The second-order valence-electron chi connectivity index (χ2n) is 1.24. The van der Waals surface area contributed by atoms with Gasteiger partial charge < -0.3 is 9.47 Å². The molecule has 1 radical (unpaired) electrons. The summed E-state index contributed by atoms with van der Waals surface area (Å²) in [5.74, 6) is 0. The minimum Gasteiger partial charge on any atom is -0.356 e. The first-order valence-electron chi connectivity index (χ1n) is 2.28. The molecular formula is C5H11O2. The standard InChI is InChI=1S/C5H11O2/c1-4-5(6-2)7-3/h5H,2,4H2,1,3H3. The maximum atomic E-state index is 4.76. The van der Waals surface area contributed by atoms with Gasteiger partial charge in [0.05, 0.1) is 7.11 Å². The molecule has 0 spiro atoms. The predicted molar refractivity (Wildman–Crippen MR) is 27.5 cm³/mol. The molecule has 0 amide bonds. The second kappa shape index (κ2) is 4.09. The summed E-state index contributed by atoms with van der Waals surface area (Å²) in [6.07, 6.45) is 0.722. The Kier molecular flexibility index (Phi) is 4.04. The molecule has 2 nitrogen and oxygen atoms in total. The number of methoxy groups -OCH3 is 1. The maximum absolute atomic E-state index is 4.76. The minimum absolute atomic E-state index is 0.125. The van der Waals surface area contributed by atoms with Crippen LogP contribution < -0.4 is 0 Å². The van der Waals surface area contributed by atoms with E-state index in [1.807, 2.05) is 6.92 Å². The number of hydrogen-bond donors (Lipinski definition) is 0. The highest BCUT2D eigenvalue weighted by atomic mass is 16.7. The summed E-state index contributed by atoms with van der Waals surface area (Å²) in [5, 5.41) is 0. The van der Waals surface area contributed by atoms with E-state index in [2.05, 4.69) is 11.8 Å². The van der Waals surface area contributed by atoms with Gasteiger partial charge >= 0.3 is 0 Å². The summed E-state index contributed by atoms with van der Waals surface area (Å²) in [5.41, 5.74) is 0. The summed E-state index contributed by atoms with van der Waals surface area (Å²) in [4.78, 5) is 0. The van der Waals surface area contributed by atoms with Gasteiger partial charge in [-0.2, -0.15) is 0 Å². The van der Waals surface area contributed by atoms with E-state index in [0.29, 0.717) is 0 Å². The Morgan fingerprint density at radius 1 is 1.71 bits per heavy atom. The first kappa shape index (κ1) is 6.92. The molecular weight excluding hydrogens is 92.1 g/mol. The summed E-state index contributed by atoms with van der Waals surface area (Å²) in [6.45, 7) is 1.97. The molecule has 2 heteroatoms. The van der Waals surface area contributed by atoms with Gasteiger partial charge in [0, 0.05) is 7.11 Å². The highest BCUT2D eigenvalue weighted by molar-refractivity contribution is 4.33. The molecule has 7 heavy (non-hydrogen) atoms. The average molecular weight is 103 g/mol. The summed E-state index contributed by atoms with van der Waals surface area (Å²) < 4.78 is 9.34. The molecule has 0 aromatic heterocycles. The van der Waals surface area contributed by atoms with E-state index < -0.39 is 0 Å². The Morgan fingerprint density at radius 2 is 2.29 bits per heavy atom. The number of rotatable bonds is 3. The van der Waals surface area contributed by atoms with Crippen LogP contribution in [0.5, 0.6) is 0 Å². The molecule has 43 valence electrons. The van der Waals surface area contributed by atoms with Gasteiger partial charge in [0.2, 0.25) is 0 Å². The quantitative estimate of drug-likeness (QED) is 0.499. The first-order valence-corrected chi connectivity index (χ1v) is 2.28. The smallest absolute Gasteiger partial charge is 0.157 e. The summed E-state index contributed by atoms with van der Waals surface area (Å²) >= 11 is 0. The monoisotopic (exact) mass is 103 g/mol. The van der Waals surface area contributed by atoms with Crippen LogP contribution in [0.2, 0.25) is 0 Å². The summed E-state index contributed by atoms with van der Waals surface area (Å²) in [6, 6.07) is 0. The molecule has 0 aliphatic rings. The second-order valence-corrected chi connectivity index (χ2v) is 1.24. The lowest BCUT2D eigenvalue weighted by molar-refractivity contribution is -0.0867. The minimum atomic E-state index is -0.125. The maximum Gasteiger partial charge on any atom is 0.157 e. The van der Waals surface area contributed by atoms with Crippen LogP contribution in [0.4, 0.5) is 0 Å². The molecule has 0 aromatic carbocycles. The normalized spacial score (nSPS) is 10.3. The van der Waals surface area contributed by atoms with Crippen LogP contribution in [0.3, 0.4) is 0 Å². The van der Waals surface area contributed by atoms with E-state index in [1.165, 1.54) is 0 Å². The highest BCUT2D eigenvalue weighted by Crippen LogP contribution is 1.94. The highest BCUT2D eigenvalue weighted by Gasteiger charge is 1.96. The third-order valence-electron chi connectivity index (χ3n) is 0.782. The lowest BCUT2D eigenvalue weighted by atomic mass is 10.5.